The maximum Gasteiger partial charge on any atom is 0.258 e. The second-order valence-corrected chi connectivity index (χ2v) is 7.42. The number of hydrogen-bond donors (Lipinski definition) is 2. The van der Waals surface area contributed by atoms with Crippen LogP contribution in [0.25, 0.3) is 0 Å². The van der Waals surface area contributed by atoms with Crippen LogP contribution in [0.2, 0.25) is 0 Å². The molecular formula is C26H30ClN3O3. The molecule has 0 aliphatic heterocycles. The van der Waals surface area contributed by atoms with Crippen molar-refractivity contribution < 1.29 is 14.3 Å². The van der Waals surface area contributed by atoms with Crippen molar-refractivity contribution >= 4 is 29.8 Å². The van der Waals surface area contributed by atoms with Gasteiger partial charge in [0, 0.05) is 23.9 Å². The number of anilines is 1. The average Bonchev–Trinajstić information content (AvgIpc) is 2.83. The lowest BCUT2D eigenvalue weighted by atomic mass is 10.2. The number of carbonyl (C=O) groups is 1. The fourth-order valence-electron chi connectivity index (χ4n) is 3.15. The molecule has 33 heavy (non-hydrogen) atoms. The van der Waals surface area contributed by atoms with Crippen LogP contribution in [0.1, 0.15) is 35.2 Å². The molecule has 174 valence electrons. The van der Waals surface area contributed by atoms with Gasteiger partial charge in [0.1, 0.15) is 17.3 Å². The summed E-state index contributed by atoms with van der Waals surface area (Å²) in [4.78, 5) is 14.3. The summed E-state index contributed by atoms with van der Waals surface area (Å²) in [6.45, 7) is 1.25. The standard InChI is InChI=1S/C26H29N3O3.ClH/c1-29(22-8-4-2-5-9-22)26(30)21-12-16-24(17-13-21)32-19-7-3-6-18-31-23-14-10-20(11-15-23)25(27)28;/h2,4-5,8-17H,3,6-7,18-19H2,1H3,(H3,27,28);1H. The Hall–Kier alpha value is -3.51. The van der Waals surface area contributed by atoms with Crippen LogP contribution >= 0.6 is 12.4 Å². The highest BCUT2D eigenvalue weighted by Crippen LogP contribution is 2.18. The van der Waals surface area contributed by atoms with Gasteiger partial charge in [-0.25, -0.2) is 0 Å². The molecule has 6 nitrogen and oxygen atoms in total. The Labute approximate surface area is 201 Å². The summed E-state index contributed by atoms with van der Waals surface area (Å²) in [5.74, 6) is 1.53. The number of hydrogen-bond acceptors (Lipinski definition) is 4. The highest BCUT2D eigenvalue weighted by Gasteiger charge is 2.13. The maximum atomic E-state index is 12.6. The zero-order chi connectivity index (χ0) is 22.8. The summed E-state index contributed by atoms with van der Waals surface area (Å²) in [6.07, 6.45) is 2.84. The van der Waals surface area contributed by atoms with Crippen LogP contribution in [0, 0.1) is 5.41 Å². The lowest BCUT2D eigenvalue weighted by molar-refractivity contribution is 0.0993. The first-order chi connectivity index (χ1) is 15.5. The number of ether oxygens (including phenoxy) is 2. The molecule has 3 N–H and O–H groups in total. The number of unbranched alkanes of at least 4 members (excludes halogenated alkanes) is 2. The zero-order valence-electron chi connectivity index (χ0n) is 18.7. The molecule has 3 rings (SSSR count). The number of nitrogens with one attached hydrogen (secondary N) is 1. The molecule has 7 heteroatoms. The van der Waals surface area contributed by atoms with E-state index in [-0.39, 0.29) is 24.1 Å². The van der Waals surface area contributed by atoms with E-state index in [1.165, 1.54) is 0 Å². The number of nitrogens with zero attached hydrogens (tertiary/aromatic N) is 1. The monoisotopic (exact) mass is 467 g/mol. The van der Waals surface area contributed by atoms with E-state index in [2.05, 4.69) is 0 Å². The quantitative estimate of drug-likeness (QED) is 0.227. The summed E-state index contributed by atoms with van der Waals surface area (Å²) in [5.41, 5.74) is 7.61. The highest BCUT2D eigenvalue weighted by atomic mass is 35.5. The minimum absolute atomic E-state index is 0. The van der Waals surface area contributed by atoms with Crippen LogP contribution in [-0.4, -0.2) is 32.0 Å². The molecule has 1 amide bonds. The first-order valence-corrected chi connectivity index (χ1v) is 10.7. The van der Waals surface area contributed by atoms with E-state index < -0.39 is 0 Å². The average molecular weight is 468 g/mol. The van der Waals surface area contributed by atoms with E-state index in [1.807, 2.05) is 54.6 Å². The van der Waals surface area contributed by atoms with Crippen molar-refractivity contribution in [1.29, 1.82) is 5.41 Å². The molecular weight excluding hydrogens is 438 g/mol. The van der Waals surface area contributed by atoms with Crippen molar-refractivity contribution in [2.45, 2.75) is 19.3 Å². The molecule has 0 unspecified atom stereocenters. The van der Waals surface area contributed by atoms with Gasteiger partial charge in [0.25, 0.3) is 5.91 Å². The van der Waals surface area contributed by atoms with Gasteiger partial charge in [0.2, 0.25) is 0 Å². The first kappa shape index (κ1) is 25.7. The lowest BCUT2D eigenvalue weighted by Gasteiger charge is -2.17. The smallest absolute Gasteiger partial charge is 0.258 e. The molecule has 3 aromatic rings. The first-order valence-electron chi connectivity index (χ1n) is 10.7. The number of rotatable bonds is 11. The maximum absolute atomic E-state index is 12.6. The fraction of sp³-hybridized carbons (Fsp3) is 0.231. The molecule has 0 aromatic heterocycles. The second kappa shape index (κ2) is 13.1. The fourth-order valence-corrected chi connectivity index (χ4v) is 3.15. The third kappa shape index (κ3) is 7.84. The van der Waals surface area contributed by atoms with Crippen molar-refractivity contribution in [2.75, 3.05) is 25.2 Å². The Bertz CT molecular complexity index is 1010. The summed E-state index contributed by atoms with van der Waals surface area (Å²) >= 11 is 0. The molecule has 0 aliphatic carbocycles. The summed E-state index contributed by atoms with van der Waals surface area (Å²) in [7, 11) is 1.77. The van der Waals surface area contributed by atoms with E-state index >= 15 is 0 Å². The largest absolute Gasteiger partial charge is 0.494 e. The SMILES string of the molecule is CN(C(=O)c1ccc(OCCCCCOc2ccc(C(=N)N)cc2)cc1)c1ccccc1.Cl. The zero-order valence-corrected chi connectivity index (χ0v) is 19.5. The summed E-state index contributed by atoms with van der Waals surface area (Å²) in [5, 5.41) is 7.39. The summed E-state index contributed by atoms with van der Waals surface area (Å²) in [6, 6.07) is 24.0. The number of halogens is 1. The Balaban J connectivity index is 0.00000385. The number of benzene rings is 3. The number of amidine groups is 1. The normalized spacial score (nSPS) is 10.1. The molecule has 0 aliphatic rings. The van der Waals surface area contributed by atoms with Crippen LogP contribution in [0.3, 0.4) is 0 Å². The van der Waals surface area contributed by atoms with Crippen molar-refractivity contribution in [3.8, 4) is 11.5 Å². The predicted octanol–water partition coefficient (Wildman–Crippen LogP) is 5.30. The van der Waals surface area contributed by atoms with Crippen molar-refractivity contribution in [3.63, 3.8) is 0 Å². The van der Waals surface area contributed by atoms with Gasteiger partial charge in [-0.2, -0.15) is 0 Å². The van der Waals surface area contributed by atoms with Gasteiger partial charge < -0.3 is 20.1 Å². The molecule has 0 saturated carbocycles. The Morgan fingerprint density at radius 2 is 1.27 bits per heavy atom. The Morgan fingerprint density at radius 3 is 1.76 bits per heavy atom. The summed E-state index contributed by atoms with van der Waals surface area (Å²) < 4.78 is 11.5. The van der Waals surface area contributed by atoms with E-state index in [9.17, 15) is 4.79 Å². The third-order valence-corrected chi connectivity index (χ3v) is 5.04. The number of amides is 1. The van der Waals surface area contributed by atoms with Crippen LogP contribution in [0.15, 0.2) is 78.9 Å². The van der Waals surface area contributed by atoms with Gasteiger partial charge in [-0.3, -0.25) is 10.2 Å². The molecule has 0 fully saturated rings. The minimum Gasteiger partial charge on any atom is -0.494 e. The van der Waals surface area contributed by atoms with Crippen molar-refractivity contribution in [2.24, 2.45) is 5.73 Å². The van der Waals surface area contributed by atoms with Crippen molar-refractivity contribution in [1.82, 2.24) is 0 Å². The molecule has 0 saturated heterocycles. The van der Waals surface area contributed by atoms with E-state index in [4.69, 9.17) is 20.6 Å². The number of carbonyl (C=O) groups excluding carboxylic acids is 1. The molecule has 0 heterocycles. The van der Waals surface area contributed by atoms with Gasteiger partial charge in [-0.1, -0.05) is 18.2 Å². The molecule has 0 atom stereocenters. The predicted molar refractivity (Wildman–Crippen MR) is 135 cm³/mol. The van der Waals surface area contributed by atoms with E-state index in [0.717, 1.165) is 36.4 Å². The topological polar surface area (TPSA) is 88.6 Å². The number of nitrogen functional groups attached to an aromatic ring is 1. The van der Waals surface area contributed by atoms with E-state index in [0.29, 0.717) is 24.3 Å². The minimum atomic E-state index is -0.0568. The van der Waals surface area contributed by atoms with Crippen LogP contribution in [0.5, 0.6) is 11.5 Å². The van der Waals surface area contributed by atoms with Crippen LogP contribution in [-0.2, 0) is 0 Å². The molecule has 3 aromatic carbocycles. The van der Waals surface area contributed by atoms with Gasteiger partial charge in [-0.05, 0) is 79.9 Å². The van der Waals surface area contributed by atoms with Crippen LogP contribution in [0.4, 0.5) is 5.69 Å². The Kier molecular flexibility index (Phi) is 10.2. The van der Waals surface area contributed by atoms with Crippen molar-refractivity contribution in [3.05, 3.63) is 90.0 Å². The molecule has 0 bridgehead atoms. The molecule has 0 spiro atoms. The second-order valence-electron chi connectivity index (χ2n) is 7.42. The molecule has 0 radical (unpaired) electrons. The third-order valence-electron chi connectivity index (χ3n) is 5.04. The van der Waals surface area contributed by atoms with Crippen LogP contribution < -0.4 is 20.1 Å². The van der Waals surface area contributed by atoms with Gasteiger partial charge in [0.15, 0.2) is 0 Å². The van der Waals surface area contributed by atoms with Gasteiger partial charge >= 0.3 is 0 Å². The number of nitrogens with two attached hydrogens (primary N) is 1. The highest BCUT2D eigenvalue weighted by molar-refractivity contribution is 6.05. The van der Waals surface area contributed by atoms with Gasteiger partial charge in [0.05, 0.1) is 13.2 Å². The lowest BCUT2D eigenvalue weighted by Crippen LogP contribution is -2.25. The number of para-hydroxylation sites is 1. The van der Waals surface area contributed by atoms with E-state index in [1.54, 1.807) is 36.2 Å². The Morgan fingerprint density at radius 1 is 0.788 bits per heavy atom. The van der Waals surface area contributed by atoms with Gasteiger partial charge in [-0.15, -0.1) is 12.4 Å².